The highest BCUT2D eigenvalue weighted by atomic mass is 16.2. The Morgan fingerprint density at radius 1 is 1.00 bits per heavy atom. The lowest BCUT2D eigenvalue weighted by molar-refractivity contribution is 0.248. The van der Waals surface area contributed by atoms with Crippen molar-refractivity contribution >= 4 is 12.1 Å². The Morgan fingerprint density at radius 2 is 1.38 bits per heavy atom. The molecule has 4 amide bonds. The van der Waals surface area contributed by atoms with Gasteiger partial charge in [0.1, 0.15) is 0 Å². The third-order valence-electron chi connectivity index (χ3n) is 1.30. The minimum absolute atomic E-state index is 0.520. The van der Waals surface area contributed by atoms with E-state index in [2.05, 4.69) is 10.6 Å². The van der Waals surface area contributed by atoms with E-state index in [1.807, 2.05) is 6.42 Å². The smallest absolute Gasteiger partial charge is 0.312 e. The summed E-state index contributed by atoms with van der Waals surface area (Å²) in [6.07, 6.45) is 3.39. The second kappa shape index (κ2) is 7.20. The van der Waals surface area contributed by atoms with Gasteiger partial charge in [-0.05, 0) is 19.3 Å². The van der Waals surface area contributed by atoms with Crippen LogP contribution in [-0.2, 0) is 0 Å². The van der Waals surface area contributed by atoms with Crippen molar-refractivity contribution in [1.29, 1.82) is 0 Å². The number of primary amides is 2. The van der Waals surface area contributed by atoms with Gasteiger partial charge in [-0.25, -0.2) is 9.59 Å². The van der Waals surface area contributed by atoms with Crippen LogP contribution < -0.4 is 22.1 Å². The molecule has 0 bridgehead atoms. The van der Waals surface area contributed by atoms with Crippen LogP contribution in [0.1, 0.15) is 12.8 Å². The van der Waals surface area contributed by atoms with Gasteiger partial charge in [0.25, 0.3) is 0 Å². The Bertz CT molecular complexity index is 154. The van der Waals surface area contributed by atoms with Crippen LogP contribution in [0, 0.1) is 6.42 Å². The standard InChI is InChI=1S/C7H15N4O2/c8-6(12)10-4-2-1-3-5-11-7(9)13/h1H,2-5H2,(H3,8,10,12)(H3,9,11,13). The van der Waals surface area contributed by atoms with Gasteiger partial charge in [-0.3, -0.25) is 0 Å². The van der Waals surface area contributed by atoms with Gasteiger partial charge in [-0.15, -0.1) is 0 Å². The van der Waals surface area contributed by atoms with E-state index in [0.29, 0.717) is 13.1 Å². The summed E-state index contributed by atoms with van der Waals surface area (Å²) in [5, 5.41) is 4.88. The summed E-state index contributed by atoms with van der Waals surface area (Å²) in [6.45, 7) is 1.04. The highest BCUT2D eigenvalue weighted by Crippen LogP contribution is 1.89. The van der Waals surface area contributed by atoms with E-state index in [9.17, 15) is 9.59 Å². The van der Waals surface area contributed by atoms with Gasteiger partial charge >= 0.3 is 12.1 Å². The van der Waals surface area contributed by atoms with Gasteiger partial charge in [0.15, 0.2) is 0 Å². The molecule has 0 atom stereocenters. The summed E-state index contributed by atoms with van der Waals surface area (Å²) < 4.78 is 0. The van der Waals surface area contributed by atoms with Gasteiger partial charge in [0.2, 0.25) is 0 Å². The minimum Gasteiger partial charge on any atom is -0.352 e. The zero-order chi connectivity index (χ0) is 10.1. The maximum atomic E-state index is 10.2. The Hall–Kier alpha value is -1.46. The summed E-state index contributed by atoms with van der Waals surface area (Å²) in [6, 6.07) is -1.05. The average Bonchev–Trinajstić information content (AvgIpc) is 2.01. The van der Waals surface area contributed by atoms with Gasteiger partial charge in [0.05, 0.1) is 0 Å². The number of carbonyl (C=O) groups excluding carboxylic acids is 2. The predicted octanol–water partition coefficient (Wildman–Crippen LogP) is -0.693. The van der Waals surface area contributed by atoms with Crippen molar-refractivity contribution in [3.63, 3.8) is 0 Å². The lowest BCUT2D eigenvalue weighted by Gasteiger charge is -2.02. The van der Waals surface area contributed by atoms with Crippen molar-refractivity contribution in [2.75, 3.05) is 13.1 Å². The third-order valence-corrected chi connectivity index (χ3v) is 1.30. The number of hydrogen-bond donors (Lipinski definition) is 4. The Labute approximate surface area is 77.0 Å². The van der Waals surface area contributed by atoms with Crippen LogP contribution in [0.3, 0.4) is 0 Å². The van der Waals surface area contributed by atoms with E-state index in [0.717, 1.165) is 12.8 Å². The van der Waals surface area contributed by atoms with Crippen LogP contribution in [0.4, 0.5) is 9.59 Å². The van der Waals surface area contributed by atoms with Crippen molar-refractivity contribution in [1.82, 2.24) is 10.6 Å². The van der Waals surface area contributed by atoms with Crippen molar-refractivity contribution in [3.05, 3.63) is 6.42 Å². The molecule has 0 aliphatic rings. The number of hydrogen-bond acceptors (Lipinski definition) is 2. The molecule has 0 aromatic carbocycles. The van der Waals surface area contributed by atoms with Gasteiger partial charge in [-0.2, -0.15) is 0 Å². The average molecular weight is 187 g/mol. The van der Waals surface area contributed by atoms with E-state index in [-0.39, 0.29) is 0 Å². The zero-order valence-electron chi connectivity index (χ0n) is 7.38. The van der Waals surface area contributed by atoms with E-state index in [1.54, 1.807) is 0 Å². The summed E-state index contributed by atoms with van der Waals surface area (Å²) in [4.78, 5) is 20.4. The van der Waals surface area contributed by atoms with Crippen LogP contribution in [0.2, 0.25) is 0 Å². The molecule has 0 heterocycles. The predicted molar refractivity (Wildman–Crippen MR) is 48.7 cm³/mol. The summed E-state index contributed by atoms with van der Waals surface area (Å²) >= 11 is 0. The summed E-state index contributed by atoms with van der Waals surface area (Å²) in [5.74, 6) is 0. The number of unbranched alkanes of at least 4 members (excludes halogenated alkanes) is 2. The highest BCUT2D eigenvalue weighted by molar-refractivity contribution is 5.71. The van der Waals surface area contributed by atoms with Crippen LogP contribution in [-0.4, -0.2) is 25.2 Å². The summed E-state index contributed by atoms with van der Waals surface area (Å²) in [7, 11) is 0. The Morgan fingerprint density at radius 3 is 1.69 bits per heavy atom. The molecule has 0 unspecified atom stereocenters. The molecule has 0 fully saturated rings. The summed E-state index contributed by atoms with van der Waals surface area (Å²) in [5.41, 5.74) is 9.67. The molecular weight excluding hydrogens is 172 g/mol. The number of rotatable bonds is 6. The van der Waals surface area contributed by atoms with Crippen LogP contribution in [0.5, 0.6) is 0 Å². The maximum Gasteiger partial charge on any atom is 0.312 e. The number of nitrogens with two attached hydrogens (primary N) is 2. The number of carbonyl (C=O) groups is 2. The fourth-order valence-electron chi connectivity index (χ4n) is 0.739. The fraction of sp³-hybridized carbons (Fsp3) is 0.571. The van der Waals surface area contributed by atoms with E-state index in [1.165, 1.54) is 0 Å². The van der Waals surface area contributed by atoms with E-state index < -0.39 is 12.1 Å². The monoisotopic (exact) mass is 187 g/mol. The van der Waals surface area contributed by atoms with Gasteiger partial charge in [0, 0.05) is 13.1 Å². The van der Waals surface area contributed by atoms with Crippen LogP contribution >= 0.6 is 0 Å². The third kappa shape index (κ3) is 10.5. The molecule has 6 heteroatoms. The molecule has 0 saturated heterocycles. The normalized spacial score (nSPS) is 9.23. The van der Waals surface area contributed by atoms with Crippen LogP contribution in [0.15, 0.2) is 0 Å². The molecule has 75 valence electrons. The zero-order valence-corrected chi connectivity index (χ0v) is 7.38. The largest absolute Gasteiger partial charge is 0.352 e. The van der Waals surface area contributed by atoms with Crippen LogP contribution in [0.25, 0.3) is 0 Å². The molecule has 6 nitrogen and oxygen atoms in total. The second-order valence-corrected chi connectivity index (χ2v) is 2.45. The second-order valence-electron chi connectivity index (χ2n) is 2.45. The lowest BCUT2D eigenvalue weighted by atomic mass is 10.2. The SMILES string of the molecule is NC(=O)NCC[CH]CCNC(N)=O. The van der Waals surface area contributed by atoms with Gasteiger partial charge < -0.3 is 22.1 Å². The minimum atomic E-state index is -0.524. The van der Waals surface area contributed by atoms with E-state index >= 15 is 0 Å². The Kier molecular flexibility index (Phi) is 6.39. The van der Waals surface area contributed by atoms with Crippen molar-refractivity contribution in [2.24, 2.45) is 11.5 Å². The van der Waals surface area contributed by atoms with Crippen molar-refractivity contribution in [3.8, 4) is 0 Å². The molecule has 6 N–H and O–H groups in total. The number of nitrogens with one attached hydrogen (secondary N) is 2. The highest BCUT2D eigenvalue weighted by Gasteiger charge is 1.93. The van der Waals surface area contributed by atoms with Crippen molar-refractivity contribution < 1.29 is 9.59 Å². The molecule has 0 saturated carbocycles. The first-order chi connectivity index (χ1) is 6.13. The maximum absolute atomic E-state index is 10.2. The molecule has 0 spiro atoms. The van der Waals surface area contributed by atoms with Crippen molar-refractivity contribution in [2.45, 2.75) is 12.8 Å². The molecule has 0 aromatic rings. The molecule has 13 heavy (non-hydrogen) atoms. The Balaban J connectivity index is 3.00. The van der Waals surface area contributed by atoms with E-state index in [4.69, 9.17) is 11.5 Å². The molecule has 0 rings (SSSR count). The molecule has 0 aliphatic heterocycles. The quantitative estimate of drug-likeness (QED) is 0.412. The molecular formula is C7H15N4O2. The number of urea groups is 2. The first-order valence-electron chi connectivity index (χ1n) is 4.01. The first-order valence-corrected chi connectivity index (χ1v) is 4.01. The molecule has 1 radical (unpaired) electrons. The molecule has 0 aliphatic carbocycles. The number of amides is 4. The fourth-order valence-corrected chi connectivity index (χ4v) is 0.739. The topological polar surface area (TPSA) is 110 Å². The molecule has 0 aromatic heterocycles. The first kappa shape index (κ1) is 11.5. The van der Waals surface area contributed by atoms with Gasteiger partial charge in [-0.1, -0.05) is 0 Å². The lowest BCUT2D eigenvalue weighted by Crippen LogP contribution is -2.31.